The second-order valence-electron chi connectivity index (χ2n) is 13.0. The number of benzene rings is 3. The van der Waals surface area contributed by atoms with Gasteiger partial charge < -0.3 is 14.6 Å². The Balaban J connectivity index is 1.20. The molecule has 3 aromatic carbocycles. The van der Waals surface area contributed by atoms with E-state index >= 15 is 0 Å². The molecule has 4 aromatic rings. The summed E-state index contributed by atoms with van der Waals surface area (Å²) in [5.74, 6) is 1.39. The van der Waals surface area contributed by atoms with E-state index in [0.717, 1.165) is 78.1 Å². The lowest BCUT2D eigenvalue weighted by Gasteiger charge is -2.26. The summed E-state index contributed by atoms with van der Waals surface area (Å²) in [5, 5.41) is 19.6. The summed E-state index contributed by atoms with van der Waals surface area (Å²) in [6.45, 7) is 4.71. The summed E-state index contributed by atoms with van der Waals surface area (Å²) < 4.78 is 26.7. The molecule has 1 atom stereocenters. The number of nitrogens with zero attached hydrogens (tertiary/aromatic N) is 3. The van der Waals surface area contributed by atoms with Crippen LogP contribution < -0.4 is 9.47 Å². The molecule has 1 aliphatic heterocycles. The lowest BCUT2D eigenvalue weighted by Crippen LogP contribution is -2.32. The number of fused-ring (bicyclic) bond motifs is 1. The van der Waals surface area contributed by atoms with Crippen LogP contribution >= 0.6 is 0 Å². The van der Waals surface area contributed by atoms with Gasteiger partial charge in [0.15, 0.2) is 0 Å². The van der Waals surface area contributed by atoms with E-state index in [-0.39, 0.29) is 18.5 Å². The molecule has 230 valence electrons. The van der Waals surface area contributed by atoms with Crippen molar-refractivity contribution >= 4 is 0 Å². The zero-order chi connectivity index (χ0) is 31.0. The summed E-state index contributed by atoms with van der Waals surface area (Å²) in [7, 11) is 0. The summed E-state index contributed by atoms with van der Waals surface area (Å²) in [4.78, 5) is 6.67. The number of nitriles is 1. The van der Waals surface area contributed by atoms with E-state index in [4.69, 9.17) is 9.47 Å². The summed E-state index contributed by atoms with van der Waals surface area (Å²) in [5.41, 5.74) is 9.68. The Labute approximate surface area is 264 Å². The molecule has 45 heavy (non-hydrogen) atoms. The summed E-state index contributed by atoms with van der Waals surface area (Å²) in [6, 6.07) is 19.0. The third-order valence-electron chi connectivity index (χ3n) is 9.99. The third-order valence-corrected chi connectivity index (χ3v) is 9.99. The lowest BCUT2D eigenvalue weighted by molar-refractivity contribution is 0.151. The van der Waals surface area contributed by atoms with Crippen LogP contribution in [0, 0.1) is 29.5 Å². The lowest BCUT2D eigenvalue weighted by atomic mass is 9.96. The van der Waals surface area contributed by atoms with Crippen molar-refractivity contribution in [1.29, 1.82) is 5.26 Å². The number of aromatic nitrogens is 1. The Hall–Kier alpha value is -4.25. The molecule has 1 N–H and O–H groups in total. The Morgan fingerprint density at radius 1 is 1.02 bits per heavy atom. The SMILES string of the molecule is Cc1c(COc2cc(OCc3cncc(C#N)c3)c(CN3CC4(CC4)C[C@H]3CO)c3c2CCC3)cccc1-c1ccc(F)cc1. The average Bonchev–Trinajstić information content (AvgIpc) is 3.46. The highest BCUT2D eigenvalue weighted by atomic mass is 19.1. The first-order chi connectivity index (χ1) is 21.9. The first-order valence-corrected chi connectivity index (χ1v) is 15.9. The fraction of sp³-hybridized carbons (Fsp3) is 0.368. The van der Waals surface area contributed by atoms with Crippen LogP contribution in [0.4, 0.5) is 4.39 Å². The van der Waals surface area contributed by atoms with Gasteiger partial charge in [-0.25, -0.2) is 4.39 Å². The molecule has 1 saturated carbocycles. The maximum atomic E-state index is 13.6. The molecule has 1 spiro atoms. The van der Waals surface area contributed by atoms with Gasteiger partial charge in [0.05, 0.1) is 12.2 Å². The number of ether oxygens (including phenoxy) is 2. The minimum absolute atomic E-state index is 0.168. The topological polar surface area (TPSA) is 78.6 Å². The van der Waals surface area contributed by atoms with Crippen molar-refractivity contribution in [3.63, 3.8) is 0 Å². The maximum Gasteiger partial charge on any atom is 0.128 e. The van der Waals surface area contributed by atoms with Crippen molar-refractivity contribution in [1.82, 2.24) is 9.88 Å². The second kappa shape index (κ2) is 12.3. The molecular formula is C38H38FN3O3. The van der Waals surface area contributed by atoms with Gasteiger partial charge in [-0.1, -0.05) is 30.3 Å². The fourth-order valence-electron chi connectivity index (χ4n) is 7.31. The van der Waals surface area contributed by atoms with Crippen molar-refractivity contribution in [3.05, 3.63) is 112 Å². The maximum absolute atomic E-state index is 13.6. The van der Waals surface area contributed by atoms with E-state index in [0.29, 0.717) is 24.2 Å². The number of hydrogen-bond donors (Lipinski definition) is 1. The Morgan fingerprint density at radius 2 is 1.82 bits per heavy atom. The molecule has 1 saturated heterocycles. The van der Waals surface area contributed by atoms with Crippen molar-refractivity contribution in [2.45, 2.75) is 71.2 Å². The van der Waals surface area contributed by atoms with Crippen molar-refractivity contribution in [2.24, 2.45) is 5.41 Å². The molecule has 6 nitrogen and oxygen atoms in total. The van der Waals surface area contributed by atoms with Gasteiger partial charge in [0, 0.05) is 48.7 Å². The van der Waals surface area contributed by atoms with Gasteiger partial charge in [0.2, 0.25) is 0 Å². The number of aliphatic hydroxyl groups excluding tert-OH is 1. The fourth-order valence-corrected chi connectivity index (χ4v) is 7.31. The van der Waals surface area contributed by atoms with Crippen LogP contribution in [0.3, 0.4) is 0 Å². The van der Waals surface area contributed by atoms with Gasteiger partial charge in [0.1, 0.15) is 36.6 Å². The molecule has 0 bridgehead atoms. The van der Waals surface area contributed by atoms with Crippen LogP contribution in [0.2, 0.25) is 0 Å². The van der Waals surface area contributed by atoms with E-state index in [1.165, 1.54) is 41.7 Å². The minimum Gasteiger partial charge on any atom is -0.488 e. The first kappa shape index (κ1) is 29.5. The summed E-state index contributed by atoms with van der Waals surface area (Å²) >= 11 is 0. The van der Waals surface area contributed by atoms with E-state index in [2.05, 4.69) is 41.1 Å². The highest BCUT2D eigenvalue weighted by molar-refractivity contribution is 5.68. The van der Waals surface area contributed by atoms with Gasteiger partial charge in [0.25, 0.3) is 0 Å². The number of aliphatic hydroxyl groups is 1. The highest BCUT2D eigenvalue weighted by Gasteiger charge is 2.51. The number of likely N-dealkylation sites (tertiary alicyclic amines) is 1. The smallest absolute Gasteiger partial charge is 0.128 e. The van der Waals surface area contributed by atoms with Crippen LogP contribution in [-0.4, -0.2) is 34.2 Å². The average molecular weight is 604 g/mol. The van der Waals surface area contributed by atoms with Crippen molar-refractivity contribution < 1.29 is 19.0 Å². The minimum atomic E-state index is -0.246. The van der Waals surface area contributed by atoms with Crippen LogP contribution in [0.1, 0.15) is 64.6 Å². The molecule has 2 fully saturated rings. The predicted molar refractivity (Wildman–Crippen MR) is 170 cm³/mol. The van der Waals surface area contributed by atoms with Crippen molar-refractivity contribution in [2.75, 3.05) is 13.2 Å². The van der Waals surface area contributed by atoms with Gasteiger partial charge in [-0.15, -0.1) is 0 Å². The van der Waals surface area contributed by atoms with E-state index < -0.39 is 0 Å². The molecule has 2 aliphatic carbocycles. The normalized spacial score (nSPS) is 18.1. The van der Waals surface area contributed by atoms with Crippen LogP contribution in [-0.2, 0) is 32.6 Å². The standard InChI is InChI=1S/C38H38FN3O3/c1-25-29(4-2-5-32(25)28-8-10-30(39)11-9-28)23-45-36-15-37(44-22-27-14-26(17-40)18-41-19-27)35(33-6-3-7-34(33)36)20-42-24-38(12-13-38)16-31(42)21-43/h2,4-5,8-11,14-15,18-19,31,43H,3,6-7,12-13,16,20-24H2,1H3/t31-/m0/s1. The monoisotopic (exact) mass is 603 g/mol. The number of hydrogen-bond acceptors (Lipinski definition) is 6. The molecule has 2 heterocycles. The zero-order valence-electron chi connectivity index (χ0n) is 25.7. The highest BCUT2D eigenvalue weighted by Crippen LogP contribution is 2.55. The van der Waals surface area contributed by atoms with E-state index in [1.54, 1.807) is 12.4 Å². The Bertz CT molecular complexity index is 1760. The van der Waals surface area contributed by atoms with Gasteiger partial charge >= 0.3 is 0 Å². The van der Waals surface area contributed by atoms with Gasteiger partial charge in [-0.3, -0.25) is 9.88 Å². The molecule has 0 radical (unpaired) electrons. The molecule has 7 heteroatoms. The number of rotatable bonds is 10. The molecule has 1 aromatic heterocycles. The Kier molecular flexibility index (Phi) is 8.03. The summed E-state index contributed by atoms with van der Waals surface area (Å²) in [6.07, 6.45) is 9.83. The van der Waals surface area contributed by atoms with Crippen LogP contribution in [0.5, 0.6) is 11.5 Å². The molecule has 3 aliphatic rings. The van der Waals surface area contributed by atoms with Gasteiger partial charge in [-0.2, -0.15) is 5.26 Å². The number of halogens is 1. The zero-order valence-corrected chi connectivity index (χ0v) is 25.7. The van der Waals surface area contributed by atoms with Gasteiger partial charge in [-0.05, 0) is 102 Å². The molecule has 7 rings (SSSR count). The van der Waals surface area contributed by atoms with Crippen molar-refractivity contribution in [3.8, 4) is 28.7 Å². The largest absolute Gasteiger partial charge is 0.488 e. The second-order valence-corrected chi connectivity index (χ2v) is 13.0. The molecule has 0 amide bonds. The first-order valence-electron chi connectivity index (χ1n) is 15.9. The van der Waals surface area contributed by atoms with E-state index in [1.807, 2.05) is 24.3 Å². The Morgan fingerprint density at radius 3 is 2.60 bits per heavy atom. The predicted octanol–water partition coefficient (Wildman–Crippen LogP) is 7.06. The molecular weight excluding hydrogens is 565 g/mol. The molecule has 0 unspecified atom stereocenters. The van der Waals surface area contributed by atoms with Crippen LogP contribution in [0.15, 0.2) is 67.0 Å². The van der Waals surface area contributed by atoms with E-state index in [9.17, 15) is 14.8 Å². The number of pyridine rings is 1. The quantitative estimate of drug-likeness (QED) is 0.209. The third kappa shape index (κ3) is 6.05. The van der Waals surface area contributed by atoms with Crippen LogP contribution in [0.25, 0.3) is 11.1 Å².